The normalized spacial score (nSPS) is 17.2. The quantitative estimate of drug-likeness (QED) is 0.657. The molecule has 2 aromatic carbocycles. The predicted octanol–water partition coefficient (Wildman–Crippen LogP) is 3.08. The lowest BCUT2D eigenvalue weighted by molar-refractivity contribution is -0.126. The maximum Gasteiger partial charge on any atom is 0.244 e. The molecule has 4 rings (SSSR count). The molecule has 0 saturated carbocycles. The summed E-state index contributed by atoms with van der Waals surface area (Å²) < 4.78 is 28.7. The van der Waals surface area contributed by atoms with Crippen LogP contribution in [0.1, 0.15) is 30.9 Å². The average Bonchev–Trinajstić information content (AvgIpc) is 3.20. The van der Waals surface area contributed by atoms with Crippen molar-refractivity contribution in [2.45, 2.75) is 37.6 Å². The zero-order chi connectivity index (χ0) is 22.9. The van der Waals surface area contributed by atoms with Gasteiger partial charge in [0.05, 0.1) is 4.90 Å². The highest BCUT2D eigenvalue weighted by molar-refractivity contribution is 9.10. The third kappa shape index (κ3) is 4.60. The first kappa shape index (κ1) is 22.9. The van der Waals surface area contributed by atoms with E-state index in [4.69, 9.17) is 0 Å². The van der Waals surface area contributed by atoms with E-state index in [1.807, 2.05) is 30.3 Å². The molecule has 9 heteroatoms. The summed E-state index contributed by atoms with van der Waals surface area (Å²) in [6.45, 7) is 3.08. The summed E-state index contributed by atoms with van der Waals surface area (Å²) in [6.07, 6.45) is 1.65. The van der Waals surface area contributed by atoms with Gasteiger partial charge < -0.3 is 10.2 Å². The molecular weight excluding hydrogens is 494 g/mol. The van der Waals surface area contributed by atoms with Crippen LogP contribution >= 0.6 is 15.9 Å². The molecule has 0 spiro atoms. The number of hydrogen-bond acceptors (Lipinski definition) is 4. The Hall–Kier alpha value is -2.23. The molecule has 0 bridgehead atoms. The number of nitrogens with zero attached hydrogens (tertiary/aromatic N) is 2. The summed E-state index contributed by atoms with van der Waals surface area (Å²) in [5, 5.41) is 2.95. The van der Waals surface area contributed by atoms with Crippen LogP contribution in [0, 0.1) is 5.92 Å². The van der Waals surface area contributed by atoms with Crippen molar-refractivity contribution in [1.29, 1.82) is 0 Å². The Labute approximate surface area is 197 Å². The highest BCUT2D eigenvalue weighted by atomic mass is 79.9. The molecule has 0 aromatic heterocycles. The minimum absolute atomic E-state index is 0.0401. The first-order chi connectivity index (χ1) is 15.3. The molecule has 1 saturated heterocycles. The number of anilines is 1. The van der Waals surface area contributed by atoms with Gasteiger partial charge in [-0.2, -0.15) is 4.31 Å². The minimum Gasteiger partial charge on any atom is -0.352 e. The second kappa shape index (κ2) is 9.33. The number of hydrogen-bond donors (Lipinski definition) is 1. The Kier molecular flexibility index (Phi) is 6.69. The number of amides is 2. The van der Waals surface area contributed by atoms with E-state index >= 15 is 0 Å². The van der Waals surface area contributed by atoms with E-state index in [1.54, 1.807) is 17.0 Å². The Morgan fingerprint density at radius 1 is 1.09 bits per heavy atom. The number of carbonyl (C=O) groups excluding carboxylic acids is 2. The molecule has 2 heterocycles. The van der Waals surface area contributed by atoms with Crippen molar-refractivity contribution in [3.8, 4) is 0 Å². The van der Waals surface area contributed by atoms with Crippen LogP contribution in [0.2, 0.25) is 0 Å². The maximum absolute atomic E-state index is 13.4. The molecule has 7 nitrogen and oxygen atoms in total. The summed E-state index contributed by atoms with van der Waals surface area (Å²) in [7, 11) is -3.75. The first-order valence-electron chi connectivity index (χ1n) is 10.7. The number of halogens is 1. The summed E-state index contributed by atoms with van der Waals surface area (Å²) in [5.74, 6) is -0.347. The van der Waals surface area contributed by atoms with Gasteiger partial charge in [0.1, 0.15) is 0 Å². The molecule has 2 aliphatic heterocycles. The summed E-state index contributed by atoms with van der Waals surface area (Å²) in [4.78, 5) is 26.3. The number of carbonyl (C=O) groups is 2. The summed E-state index contributed by atoms with van der Waals surface area (Å²) in [6, 6.07) is 13.1. The molecule has 2 amide bonds. The van der Waals surface area contributed by atoms with Gasteiger partial charge in [0, 0.05) is 49.2 Å². The van der Waals surface area contributed by atoms with E-state index in [1.165, 1.54) is 11.2 Å². The lowest BCUT2D eigenvalue weighted by atomic mass is 9.97. The van der Waals surface area contributed by atoms with Crippen molar-refractivity contribution in [2.75, 3.05) is 24.5 Å². The average molecular weight is 520 g/mol. The van der Waals surface area contributed by atoms with Crippen molar-refractivity contribution < 1.29 is 18.0 Å². The zero-order valence-corrected chi connectivity index (χ0v) is 20.3. The van der Waals surface area contributed by atoms with Gasteiger partial charge in [-0.15, -0.1) is 0 Å². The lowest BCUT2D eigenvalue weighted by Gasteiger charge is -2.31. The van der Waals surface area contributed by atoms with E-state index in [2.05, 4.69) is 21.2 Å². The standard InChI is InChI=1S/C23H26BrN3O4S/c1-16(28)27-12-9-19-13-20(24)22(14-21(19)27)32(30,31)26-10-7-18(8-11-26)23(29)25-15-17-5-3-2-4-6-17/h2-6,13-14,18H,7-12,15H2,1H3,(H,25,29). The maximum atomic E-state index is 13.4. The second-order valence-electron chi connectivity index (χ2n) is 8.21. The van der Waals surface area contributed by atoms with Gasteiger partial charge in [0.15, 0.2) is 0 Å². The van der Waals surface area contributed by atoms with Crippen LogP contribution in [0.3, 0.4) is 0 Å². The lowest BCUT2D eigenvalue weighted by Crippen LogP contribution is -2.43. The third-order valence-corrected chi connectivity index (χ3v) is 9.02. The Morgan fingerprint density at radius 2 is 1.78 bits per heavy atom. The third-order valence-electron chi connectivity index (χ3n) is 6.16. The monoisotopic (exact) mass is 519 g/mol. The molecule has 1 N–H and O–H groups in total. The molecule has 0 radical (unpaired) electrons. The number of rotatable bonds is 5. The van der Waals surface area contributed by atoms with Crippen molar-refractivity contribution in [3.63, 3.8) is 0 Å². The van der Waals surface area contributed by atoms with Crippen LogP contribution in [0.5, 0.6) is 0 Å². The van der Waals surface area contributed by atoms with Crippen LogP contribution < -0.4 is 10.2 Å². The van der Waals surface area contributed by atoms with E-state index in [9.17, 15) is 18.0 Å². The largest absolute Gasteiger partial charge is 0.352 e. The molecule has 2 aromatic rings. The predicted molar refractivity (Wildman–Crippen MR) is 126 cm³/mol. The van der Waals surface area contributed by atoms with Gasteiger partial charge in [-0.3, -0.25) is 9.59 Å². The van der Waals surface area contributed by atoms with Crippen LogP contribution in [0.15, 0.2) is 51.8 Å². The van der Waals surface area contributed by atoms with Crippen molar-refractivity contribution in [1.82, 2.24) is 9.62 Å². The molecule has 170 valence electrons. The number of sulfonamides is 1. The van der Waals surface area contributed by atoms with Gasteiger partial charge in [-0.1, -0.05) is 30.3 Å². The highest BCUT2D eigenvalue weighted by Gasteiger charge is 2.35. The Balaban J connectivity index is 1.43. The Bertz CT molecular complexity index is 1130. The van der Waals surface area contributed by atoms with Crippen molar-refractivity contribution in [2.24, 2.45) is 5.92 Å². The Morgan fingerprint density at radius 3 is 2.44 bits per heavy atom. The molecule has 32 heavy (non-hydrogen) atoms. The van der Waals surface area contributed by atoms with E-state index in [-0.39, 0.29) is 35.7 Å². The highest BCUT2D eigenvalue weighted by Crippen LogP contribution is 2.37. The summed E-state index contributed by atoms with van der Waals surface area (Å²) in [5.41, 5.74) is 2.65. The number of nitrogens with one attached hydrogen (secondary N) is 1. The van der Waals surface area contributed by atoms with Crippen molar-refractivity contribution >= 4 is 43.5 Å². The van der Waals surface area contributed by atoms with Gasteiger partial charge in [0.2, 0.25) is 21.8 Å². The second-order valence-corrected chi connectivity index (χ2v) is 11.0. The van der Waals surface area contributed by atoms with Gasteiger partial charge in [-0.05, 0) is 58.5 Å². The molecule has 2 aliphatic rings. The van der Waals surface area contributed by atoms with E-state index in [0.717, 1.165) is 11.1 Å². The van der Waals surface area contributed by atoms with Crippen LogP contribution in [-0.4, -0.2) is 44.2 Å². The molecule has 1 fully saturated rings. The van der Waals surface area contributed by atoms with E-state index < -0.39 is 10.0 Å². The molecular formula is C23H26BrN3O4S. The van der Waals surface area contributed by atoms with Crippen molar-refractivity contribution in [3.05, 3.63) is 58.1 Å². The van der Waals surface area contributed by atoms with Gasteiger partial charge in [0.25, 0.3) is 0 Å². The van der Waals surface area contributed by atoms with Gasteiger partial charge in [-0.25, -0.2) is 8.42 Å². The number of benzene rings is 2. The smallest absolute Gasteiger partial charge is 0.244 e. The van der Waals surface area contributed by atoms with E-state index in [0.29, 0.717) is 42.5 Å². The zero-order valence-electron chi connectivity index (χ0n) is 17.9. The fourth-order valence-electron chi connectivity index (χ4n) is 4.34. The SMILES string of the molecule is CC(=O)N1CCc2cc(Br)c(S(=O)(=O)N3CCC(C(=O)NCc4ccccc4)CC3)cc21. The summed E-state index contributed by atoms with van der Waals surface area (Å²) >= 11 is 3.41. The fourth-order valence-corrected chi connectivity index (χ4v) is 6.88. The van der Waals surface area contributed by atoms with Gasteiger partial charge >= 0.3 is 0 Å². The van der Waals surface area contributed by atoms with Crippen LogP contribution in [0.4, 0.5) is 5.69 Å². The van der Waals surface area contributed by atoms with Crippen LogP contribution in [-0.2, 0) is 32.6 Å². The topological polar surface area (TPSA) is 86.8 Å². The molecule has 0 unspecified atom stereocenters. The number of fused-ring (bicyclic) bond motifs is 1. The molecule has 0 aliphatic carbocycles. The first-order valence-corrected chi connectivity index (χ1v) is 12.9. The number of piperidine rings is 1. The fraction of sp³-hybridized carbons (Fsp3) is 0.391. The molecule has 0 atom stereocenters. The minimum atomic E-state index is -3.75. The van der Waals surface area contributed by atoms with Crippen LogP contribution in [0.25, 0.3) is 0 Å².